The average molecular weight is 362 g/mol. The van der Waals surface area contributed by atoms with Crippen molar-refractivity contribution >= 4 is 29.1 Å². The maximum atomic E-state index is 12.5. The van der Waals surface area contributed by atoms with Gasteiger partial charge in [-0.2, -0.15) is 0 Å². The van der Waals surface area contributed by atoms with Crippen molar-refractivity contribution in [3.63, 3.8) is 0 Å². The number of anilines is 1. The predicted octanol–water partition coefficient (Wildman–Crippen LogP) is 3.48. The molecule has 2 aromatic rings. The number of rotatable bonds is 6. The second kappa shape index (κ2) is 8.48. The molecule has 132 valence electrons. The molecule has 0 saturated carbocycles. The van der Waals surface area contributed by atoms with Crippen LogP contribution < -0.4 is 10.1 Å². The average Bonchev–Trinajstić information content (AvgIpc) is 2.63. The Balaban J connectivity index is 2.25. The van der Waals surface area contributed by atoms with Crippen LogP contribution >= 0.6 is 11.6 Å². The molecule has 25 heavy (non-hydrogen) atoms. The minimum Gasteiger partial charge on any atom is -0.495 e. The van der Waals surface area contributed by atoms with E-state index in [0.717, 1.165) is 0 Å². The summed E-state index contributed by atoms with van der Waals surface area (Å²) >= 11 is 5.96. The summed E-state index contributed by atoms with van der Waals surface area (Å²) in [5, 5.41) is 3.17. The number of amides is 2. The van der Waals surface area contributed by atoms with Crippen LogP contribution in [0, 0.1) is 0 Å². The normalized spacial score (nSPS) is 10.2. The first-order valence-corrected chi connectivity index (χ1v) is 8.28. The summed E-state index contributed by atoms with van der Waals surface area (Å²) in [4.78, 5) is 30.6. The fourth-order valence-corrected chi connectivity index (χ4v) is 2.52. The number of methoxy groups -OCH3 is 1. The molecular weight excluding hydrogens is 342 g/mol. The lowest BCUT2D eigenvalue weighted by atomic mass is 10.2. The maximum absolute atomic E-state index is 12.5. The van der Waals surface area contributed by atoms with Crippen molar-refractivity contribution in [2.75, 3.05) is 25.5 Å². The molecule has 6 nitrogen and oxygen atoms in total. The van der Waals surface area contributed by atoms with E-state index < -0.39 is 5.91 Å². The topological polar surface area (TPSA) is 71.5 Å². The van der Waals surface area contributed by atoms with Crippen molar-refractivity contribution in [3.05, 3.63) is 52.8 Å². The molecule has 1 N–H and O–H groups in total. The largest absolute Gasteiger partial charge is 0.495 e. The lowest BCUT2D eigenvalue weighted by molar-refractivity contribution is 0.0773. The van der Waals surface area contributed by atoms with Crippen LogP contribution in [0.15, 0.2) is 36.5 Å². The molecular formula is C18H20ClN3O3. The van der Waals surface area contributed by atoms with Gasteiger partial charge in [0.25, 0.3) is 11.8 Å². The summed E-state index contributed by atoms with van der Waals surface area (Å²) < 4.78 is 5.21. The summed E-state index contributed by atoms with van der Waals surface area (Å²) in [6.07, 6.45) is 1.45. The van der Waals surface area contributed by atoms with Gasteiger partial charge in [0.2, 0.25) is 0 Å². The molecule has 0 aliphatic heterocycles. The molecule has 0 saturated heterocycles. The van der Waals surface area contributed by atoms with Crippen LogP contribution in [0.4, 0.5) is 5.69 Å². The molecule has 0 radical (unpaired) electrons. The zero-order valence-electron chi connectivity index (χ0n) is 14.4. The number of carbonyl (C=O) groups is 2. The summed E-state index contributed by atoms with van der Waals surface area (Å²) in [5.41, 5.74) is 0.990. The second-order valence-corrected chi connectivity index (χ2v) is 5.64. The van der Waals surface area contributed by atoms with E-state index in [9.17, 15) is 9.59 Å². The Morgan fingerprint density at radius 3 is 2.56 bits per heavy atom. The van der Waals surface area contributed by atoms with Crippen molar-refractivity contribution < 1.29 is 14.3 Å². The highest BCUT2D eigenvalue weighted by atomic mass is 35.5. The summed E-state index contributed by atoms with van der Waals surface area (Å²) in [6.45, 7) is 5.00. The Bertz CT molecular complexity index is 776. The van der Waals surface area contributed by atoms with Crippen LogP contribution in [0.3, 0.4) is 0 Å². The third-order valence-corrected chi connectivity index (χ3v) is 3.94. The van der Waals surface area contributed by atoms with E-state index in [1.165, 1.54) is 19.4 Å². The van der Waals surface area contributed by atoms with Gasteiger partial charge in [-0.1, -0.05) is 11.6 Å². The van der Waals surface area contributed by atoms with E-state index in [-0.39, 0.29) is 11.6 Å². The molecule has 0 atom stereocenters. The molecule has 1 aromatic heterocycles. The molecule has 0 bridgehead atoms. The van der Waals surface area contributed by atoms with E-state index in [4.69, 9.17) is 16.3 Å². The van der Waals surface area contributed by atoms with Gasteiger partial charge < -0.3 is 15.0 Å². The first-order valence-electron chi connectivity index (χ1n) is 7.90. The minimum atomic E-state index is -0.449. The zero-order chi connectivity index (χ0) is 18.4. The first-order chi connectivity index (χ1) is 12.0. The first kappa shape index (κ1) is 18.7. The number of carbonyl (C=O) groups excluding carboxylic acids is 2. The minimum absolute atomic E-state index is 0.137. The van der Waals surface area contributed by atoms with Crippen LogP contribution in [-0.2, 0) is 0 Å². The van der Waals surface area contributed by atoms with E-state index in [2.05, 4.69) is 10.3 Å². The molecule has 0 aliphatic rings. The lowest BCUT2D eigenvalue weighted by Gasteiger charge is -2.18. The third-order valence-electron chi connectivity index (χ3n) is 3.70. The molecule has 0 spiro atoms. The molecule has 2 amide bonds. The Kier molecular flexibility index (Phi) is 6.36. The maximum Gasteiger partial charge on any atom is 0.274 e. The van der Waals surface area contributed by atoms with E-state index >= 15 is 0 Å². The zero-order valence-corrected chi connectivity index (χ0v) is 15.1. The van der Waals surface area contributed by atoms with Gasteiger partial charge in [0, 0.05) is 29.9 Å². The van der Waals surface area contributed by atoms with Gasteiger partial charge in [0.1, 0.15) is 11.4 Å². The SMILES string of the molecule is CCN(CC)C(=O)c1ccnc(C(=O)Nc2cc(Cl)ccc2OC)c1. The van der Waals surface area contributed by atoms with Gasteiger partial charge in [0.15, 0.2) is 0 Å². The van der Waals surface area contributed by atoms with Crippen LogP contribution in [0.1, 0.15) is 34.7 Å². The highest BCUT2D eigenvalue weighted by molar-refractivity contribution is 6.31. The number of halogens is 1. The number of aromatic nitrogens is 1. The quantitative estimate of drug-likeness (QED) is 0.855. The summed E-state index contributed by atoms with van der Waals surface area (Å²) in [5.74, 6) is -0.107. The van der Waals surface area contributed by atoms with Crippen molar-refractivity contribution in [2.45, 2.75) is 13.8 Å². The number of nitrogens with zero attached hydrogens (tertiary/aromatic N) is 2. The van der Waals surface area contributed by atoms with Crippen molar-refractivity contribution in [3.8, 4) is 5.75 Å². The second-order valence-electron chi connectivity index (χ2n) is 5.21. The monoisotopic (exact) mass is 361 g/mol. The standard InChI is InChI=1S/C18H20ClN3O3/c1-4-22(5-2)18(24)12-8-9-20-15(10-12)17(23)21-14-11-13(19)6-7-16(14)25-3/h6-11H,4-5H2,1-3H3,(H,21,23). The number of pyridine rings is 1. The number of benzene rings is 1. The number of hydrogen-bond donors (Lipinski definition) is 1. The van der Waals surface area contributed by atoms with E-state index in [1.807, 2.05) is 13.8 Å². The smallest absolute Gasteiger partial charge is 0.274 e. The van der Waals surface area contributed by atoms with Crippen molar-refractivity contribution in [2.24, 2.45) is 0 Å². The van der Waals surface area contributed by atoms with E-state index in [0.29, 0.717) is 35.1 Å². The van der Waals surface area contributed by atoms with Crippen LogP contribution in [0.25, 0.3) is 0 Å². The molecule has 0 unspecified atom stereocenters. The molecule has 7 heteroatoms. The van der Waals surface area contributed by atoms with Gasteiger partial charge >= 0.3 is 0 Å². The number of ether oxygens (including phenoxy) is 1. The fourth-order valence-electron chi connectivity index (χ4n) is 2.35. The lowest BCUT2D eigenvalue weighted by Crippen LogP contribution is -2.30. The predicted molar refractivity (Wildman–Crippen MR) is 97.4 cm³/mol. The number of nitrogens with one attached hydrogen (secondary N) is 1. The molecule has 2 rings (SSSR count). The Labute approximate surface area is 151 Å². The highest BCUT2D eigenvalue weighted by Gasteiger charge is 2.16. The van der Waals surface area contributed by atoms with Gasteiger partial charge in [-0.15, -0.1) is 0 Å². The third kappa shape index (κ3) is 4.48. The van der Waals surface area contributed by atoms with Gasteiger partial charge in [0.05, 0.1) is 12.8 Å². The Morgan fingerprint density at radius 1 is 1.20 bits per heavy atom. The van der Waals surface area contributed by atoms with Crippen LogP contribution in [0.5, 0.6) is 5.75 Å². The van der Waals surface area contributed by atoms with E-state index in [1.54, 1.807) is 29.2 Å². The summed E-state index contributed by atoms with van der Waals surface area (Å²) in [7, 11) is 1.50. The summed E-state index contributed by atoms with van der Waals surface area (Å²) in [6, 6.07) is 7.98. The van der Waals surface area contributed by atoms with Crippen LogP contribution in [-0.4, -0.2) is 41.9 Å². The Hall–Kier alpha value is -2.60. The van der Waals surface area contributed by atoms with Crippen molar-refractivity contribution in [1.82, 2.24) is 9.88 Å². The van der Waals surface area contributed by atoms with Gasteiger partial charge in [-0.3, -0.25) is 14.6 Å². The number of hydrogen-bond acceptors (Lipinski definition) is 4. The van der Waals surface area contributed by atoms with Gasteiger partial charge in [-0.25, -0.2) is 0 Å². The van der Waals surface area contributed by atoms with Crippen molar-refractivity contribution in [1.29, 1.82) is 0 Å². The molecule has 1 aromatic carbocycles. The molecule has 1 heterocycles. The Morgan fingerprint density at radius 2 is 1.92 bits per heavy atom. The highest BCUT2D eigenvalue weighted by Crippen LogP contribution is 2.28. The fraction of sp³-hybridized carbons (Fsp3) is 0.278. The van der Waals surface area contributed by atoms with Crippen LogP contribution in [0.2, 0.25) is 5.02 Å². The molecule has 0 aliphatic carbocycles. The van der Waals surface area contributed by atoms with Gasteiger partial charge in [-0.05, 0) is 44.2 Å². The molecule has 0 fully saturated rings.